The van der Waals surface area contributed by atoms with Crippen LogP contribution < -0.4 is 0 Å². The summed E-state index contributed by atoms with van der Waals surface area (Å²) in [6, 6.07) is 0. The molecule has 0 aliphatic heterocycles. The van der Waals surface area contributed by atoms with Crippen LogP contribution in [0, 0.1) is 0 Å². The molecule has 0 aliphatic rings. The lowest BCUT2D eigenvalue weighted by Crippen LogP contribution is -1.28. The normalized spacial score (nSPS) is 10.7. The van der Waals surface area contributed by atoms with Gasteiger partial charge in [-0.1, -0.05) is 16.4 Å². The molecule has 0 atom stereocenters. The summed E-state index contributed by atoms with van der Waals surface area (Å²) in [5.41, 5.74) is 0. The van der Waals surface area contributed by atoms with Crippen LogP contribution in [0.1, 0.15) is 0 Å². The molecule has 0 aromatic carbocycles. The minimum absolute atomic E-state index is 1.33. The first kappa shape index (κ1) is 4.24. The van der Waals surface area contributed by atoms with Crippen molar-refractivity contribution in [1.82, 2.24) is 0 Å². The minimum Gasteiger partial charge on any atom is -0.0757 e. The second kappa shape index (κ2) is 2.29. The number of rotatable bonds is 0. The van der Waals surface area contributed by atoms with E-state index in [1.165, 1.54) is 16.4 Å². The molecule has 1 aromatic heterocycles. The molecule has 1 rings (SSSR count). The van der Waals surface area contributed by atoms with Crippen LogP contribution in [0.3, 0.4) is 0 Å². The highest BCUT2D eigenvalue weighted by Crippen LogP contribution is 2.08. The van der Waals surface area contributed by atoms with Crippen LogP contribution >= 0.6 is 16.4 Å². The van der Waals surface area contributed by atoms with Gasteiger partial charge in [0, 0.05) is 0 Å². The molecule has 0 aliphatic carbocycles. The molecule has 0 radical (unpaired) electrons. The Morgan fingerprint density at radius 1 is 0.667 bits per heavy atom. The Morgan fingerprint density at radius 3 is 1.17 bits per heavy atom. The molecule has 0 amide bonds. The minimum atomic E-state index is 1.33. The summed E-state index contributed by atoms with van der Waals surface area (Å²) in [7, 11) is 2.66. The fraction of sp³-hybridized carbons (Fsp3) is 0. The molecule has 1 aromatic rings. The van der Waals surface area contributed by atoms with Gasteiger partial charge in [-0.15, -0.1) is 0 Å². The van der Waals surface area contributed by atoms with Gasteiger partial charge in [-0.25, -0.2) is 0 Å². The van der Waals surface area contributed by atoms with Crippen LogP contribution in [0.5, 0.6) is 0 Å². The third kappa shape index (κ3) is 1.05. The third-order valence-electron chi connectivity index (χ3n) is 0.478. The van der Waals surface area contributed by atoms with Crippen LogP contribution in [-0.2, 0) is 0 Å². The summed E-state index contributed by atoms with van der Waals surface area (Å²) in [6.45, 7) is 0. The highest BCUT2D eigenvalue weighted by atomic mass is 31.0. The molecule has 0 unspecified atom stereocenters. The molecule has 0 spiro atoms. The maximum atomic E-state index is 2.14. The van der Waals surface area contributed by atoms with Crippen molar-refractivity contribution in [2.24, 2.45) is 0 Å². The molecule has 0 bridgehead atoms. The predicted molar refractivity (Wildman–Crippen MR) is 31.5 cm³/mol. The molecule has 2 heteroatoms. The highest BCUT2D eigenvalue weighted by Gasteiger charge is 1.59. The second-order valence-corrected chi connectivity index (χ2v) is 2.68. The van der Waals surface area contributed by atoms with Crippen LogP contribution in [0.4, 0.5) is 0 Å². The van der Waals surface area contributed by atoms with E-state index in [1.54, 1.807) is 0 Å². The maximum absolute atomic E-state index is 2.14. The van der Waals surface area contributed by atoms with Crippen molar-refractivity contribution in [3.05, 3.63) is 23.2 Å². The molecular formula is C4H4P2. The molecule has 0 fully saturated rings. The van der Waals surface area contributed by atoms with E-state index in [-0.39, 0.29) is 0 Å². The van der Waals surface area contributed by atoms with Crippen molar-refractivity contribution in [3.63, 3.8) is 0 Å². The Labute approximate surface area is 40.4 Å². The lowest BCUT2D eigenvalue weighted by Gasteiger charge is -1.68. The van der Waals surface area contributed by atoms with Crippen molar-refractivity contribution in [1.29, 1.82) is 0 Å². The van der Waals surface area contributed by atoms with E-state index >= 15 is 0 Å². The summed E-state index contributed by atoms with van der Waals surface area (Å²) >= 11 is 0. The van der Waals surface area contributed by atoms with Gasteiger partial charge in [0.2, 0.25) is 0 Å². The topological polar surface area (TPSA) is 0 Å². The Morgan fingerprint density at radius 2 is 1.00 bits per heavy atom. The Hall–Kier alpha value is 0.0800. The first-order valence-corrected chi connectivity index (χ1v) is 3.77. The molecule has 0 N–H and O–H groups in total. The summed E-state index contributed by atoms with van der Waals surface area (Å²) in [5.74, 6) is 8.56. The first-order valence-electron chi connectivity index (χ1n) is 1.70. The smallest absolute Gasteiger partial charge is 0.0301 e. The monoisotopic (exact) mass is 114 g/mol. The van der Waals surface area contributed by atoms with E-state index < -0.39 is 0 Å². The van der Waals surface area contributed by atoms with Crippen LogP contribution in [0.2, 0.25) is 0 Å². The van der Waals surface area contributed by atoms with E-state index in [2.05, 4.69) is 23.2 Å². The van der Waals surface area contributed by atoms with Gasteiger partial charge in [0.05, 0.1) is 0 Å². The molecule has 0 saturated heterocycles. The van der Waals surface area contributed by atoms with Crippen LogP contribution in [-0.4, -0.2) is 0 Å². The van der Waals surface area contributed by atoms with Crippen molar-refractivity contribution in [2.45, 2.75) is 0 Å². The average Bonchev–Trinajstić information content (AvgIpc) is 1.72. The third-order valence-corrected chi connectivity index (χ3v) is 2.23. The van der Waals surface area contributed by atoms with E-state index in [1.807, 2.05) is 0 Å². The SMILES string of the molecule is c1cpccp1. The zero-order valence-corrected chi connectivity index (χ0v) is 4.99. The van der Waals surface area contributed by atoms with E-state index in [4.69, 9.17) is 0 Å². The summed E-state index contributed by atoms with van der Waals surface area (Å²) < 4.78 is 0. The molecule has 0 nitrogen and oxygen atoms in total. The van der Waals surface area contributed by atoms with Crippen molar-refractivity contribution in [3.8, 4) is 0 Å². The van der Waals surface area contributed by atoms with E-state index in [0.717, 1.165) is 0 Å². The zero-order chi connectivity index (χ0) is 4.24. The van der Waals surface area contributed by atoms with Crippen molar-refractivity contribution in [2.75, 3.05) is 0 Å². The lowest BCUT2D eigenvalue weighted by atomic mass is 11.1. The lowest BCUT2D eigenvalue weighted by molar-refractivity contribution is 2.25. The maximum Gasteiger partial charge on any atom is -0.0301 e. The first-order chi connectivity index (χ1) is 3.00. The largest absolute Gasteiger partial charge is 0.0757 e. The Balaban J connectivity index is 3.00. The molecule has 6 heavy (non-hydrogen) atoms. The molecule has 0 saturated carbocycles. The van der Waals surface area contributed by atoms with Crippen LogP contribution in [0.25, 0.3) is 0 Å². The fourth-order valence-corrected chi connectivity index (χ4v) is 1.68. The van der Waals surface area contributed by atoms with Gasteiger partial charge in [-0.05, 0) is 23.2 Å². The van der Waals surface area contributed by atoms with E-state index in [9.17, 15) is 0 Å². The van der Waals surface area contributed by atoms with Crippen LogP contribution in [0.15, 0.2) is 23.2 Å². The number of hydrogen-bond acceptors (Lipinski definition) is 0. The van der Waals surface area contributed by atoms with E-state index in [0.29, 0.717) is 0 Å². The Bertz CT molecular complexity index is 77.5. The second-order valence-electron chi connectivity index (χ2n) is 0.894. The summed E-state index contributed by atoms with van der Waals surface area (Å²) in [4.78, 5) is 0. The summed E-state index contributed by atoms with van der Waals surface area (Å²) in [5, 5.41) is 0. The quantitative estimate of drug-likeness (QED) is 0.486. The average molecular weight is 114 g/mol. The molecule has 30 valence electrons. The predicted octanol–water partition coefficient (Wildman–Crippen LogP) is 2.85. The van der Waals surface area contributed by atoms with Gasteiger partial charge in [0.15, 0.2) is 0 Å². The zero-order valence-electron chi connectivity index (χ0n) is 3.20. The van der Waals surface area contributed by atoms with Gasteiger partial charge in [0.1, 0.15) is 0 Å². The molecular weight excluding hydrogens is 110 g/mol. The molecule has 1 heterocycles. The van der Waals surface area contributed by atoms with Gasteiger partial charge >= 0.3 is 0 Å². The summed E-state index contributed by atoms with van der Waals surface area (Å²) in [6.07, 6.45) is 0. The number of hydrogen-bond donors (Lipinski definition) is 0. The van der Waals surface area contributed by atoms with Gasteiger partial charge < -0.3 is 0 Å². The van der Waals surface area contributed by atoms with Crippen molar-refractivity contribution >= 4 is 16.4 Å². The Kier molecular flexibility index (Phi) is 1.62. The highest BCUT2D eigenvalue weighted by molar-refractivity contribution is 7.34. The van der Waals surface area contributed by atoms with Gasteiger partial charge in [0.25, 0.3) is 0 Å². The standard InChI is InChI=1S/C4H4P2/c1-2-6-4-3-5-1/h1-4H. The fourth-order valence-electron chi connectivity index (χ4n) is 0.253. The van der Waals surface area contributed by atoms with Crippen molar-refractivity contribution < 1.29 is 0 Å². The van der Waals surface area contributed by atoms with Gasteiger partial charge in [-0.2, -0.15) is 0 Å². The van der Waals surface area contributed by atoms with Gasteiger partial charge in [-0.3, -0.25) is 0 Å².